The van der Waals surface area contributed by atoms with Crippen LogP contribution in [0.15, 0.2) is 0 Å². The summed E-state index contributed by atoms with van der Waals surface area (Å²) in [5.74, 6) is 0. The lowest BCUT2D eigenvalue weighted by molar-refractivity contribution is -0.0334. The van der Waals surface area contributed by atoms with Crippen molar-refractivity contribution in [2.24, 2.45) is 0 Å². The van der Waals surface area contributed by atoms with Gasteiger partial charge in [0, 0.05) is 7.43 Å². The molecule has 7 heavy (non-hydrogen) atoms. The van der Waals surface area contributed by atoms with Crippen molar-refractivity contribution in [2.75, 3.05) is 26.4 Å². The average molecular weight is 100 g/mol. The van der Waals surface area contributed by atoms with E-state index in [1.54, 1.807) is 0 Å². The van der Waals surface area contributed by atoms with Gasteiger partial charge < -0.3 is 9.47 Å². The third kappa shape index (κ3) is 2.60. The monoisotopic (exact) mass is 100 g/mol. The summed E-state index contributed by atoms with van der Waals surface area (Å²) in [5, 5.41) is 0. The van der Waals surface area contributed by atoms with Crippen molar-refractivity contribution < 1.29 is 9.47 Å². The normalized spacial score (nSPS) is 20.6. The van der Waals surface area contributed by atoms with E-state index < -0.39 is 0 Å². The van der Waals surface area contributed by atoms with E-state index in [1.165, 1.54) is 0 Å². The SMILES string of the molecule is C1COCCO1.[C]. The quantitative estimate of drug-likeness (QED) is 0.430. The molecule has 0 aromatic carbocycles. The highest BCUT2D eigenvalue weighted by molar-refractivity contribution is 4.37. The van der Waals surface area contributed by atoms with Crippen molar-refractivity contribution in [1.82, 2.24) is 0 Å². The van der Waals surface area contributed by atoms with Gasteiger partial charge in [-0.25, -0.2) is 0 Å². The van der Waals surface area contributed by atoms with Gasteiger partial charge in [0.2, 0.25) is 0 Å². The molecule has 1 aliphatic heterocycles. The molecule has 0 atom stereocenters. The second kappa shape index (κ2) is 4.09. The Labute approximate surface area is 44.4 Å². The van der Waals surface area contributed by atoms with Crippen molar-refractivity contribution in [1.29, 1.82) is 0 Å². The summed E-state index contributed by atoms with van der Waals surface area (Å²) in [7, 11) is 0. The van der Waals surface area contributed by atoms with E-state index >= 15 is 0 Å². The Morgan fingerprint density at radius 1 is 0.714 bits per heavy atom. The van der Waals surface area contributed by atoms with Crippen LogP contribution in [0.4, 0.5) is 0 Å². The van der Waals surface area contributed by atoms with Gasteiger partial charge in [0.25, 0.3) is 0 Å². The molecule has 0 amide bonds. The first kappa shape index (κ1) is 6.92. The first-order valence-electron chi connectivity index (χ1n) is 2.15. The number of ether oxygens (including phenoxy) is 2. The highest BCUT2D eigenvalue weighted by Crippen LogP contribution is 1.85. The summed E-state index contributed by atoms with van der Waals surface area (Å²) in [5.41, 5.74) is 0. The third-order valence-corrected chi connectivity index (χ3v) is 0.744. The topological polar surface area (TPSA) is 18.5 Å². The molecule has 2 nitrogen and oxygen atoms in total. The summed E-state index contributed by atoms with van der Waals surface area (Å²) in [6, 6.07) is 0. The summed E-state index contributed by atoms with van der Waals surface area (Å²) in [6.07, 6.45) is 0. The smallest absolute Gasteiger partial charge is 0.0701 e. The lowest BCUT2D eigenvalue weighted by atomic mass is 10.6. The van der Waals surface area contributed by atoms with E-state index in [0.29, 0.717) is 0 Å². The Morgan fingerprint density at radius 3 is 1.14 bits per heavy atom. The molecule has 1 fully saturated rings. The van der Waals surface area contributed by atoms with Gasteiger partial charge in [-0.3, -0.25) is 0 Å². The predicted octanol–water partition coefficient (Wildman–Crippen LogP) is 0.114. The Morgan fingerprint density at radius 2 is 1.00 bits per heavy atom. The highest BCUT2D eigenvalue weighted by Gasteiger charge is 1.94. The zero-order valence-electron chi connectivity index (χ0n) is 4.14. The third-order valence-electron chi connectivity index (χ3n) is 0.744. The minimum Gasteiger partial charge on any atom is -0.377 e. The fourth-order valence-corrected chi connectivity index (χ4v) is 0.440. The number of rotatable bonds is 0. The van der Waals surface area contributed by atoms with Crippen LogP contribution in [0.1, 0.15) is 0 Å². The molecule has 0 spiro atoms. The van der Waals surface area contributed by atoms with Gasteiger partial charge >= 0.3 is 0 Å². The zero-order valence-corrected chi connectivity index (χ0v) is 4.14. The molecule has 40 valence electrons. The predicted molar refractivity (Wildman–Crippen MR) is 24.9 cm³/mol. The minimum atomic E-state index is 0. The first-order valence-corrected chi connectivity index (χ1v) is 2.15. The van der Waals surface area contributed by atoms with Crippen LogP contribution in [-0.4, -0.2) is 26.4 Å². The second-order valence-corrected chi connectivity index (χ2v) is 1.22. The van der Waals surface area contributed by atoms with E-state index in [1.807, 2.05) is 0 Å². The minimum absolute atomic E-state index is 0. The molecular formula is C5H8O2. The Hall–Kier alpha value is -0.0800. The summed E-state index contributed by atoms with van der Waals surface area (Å²) < 4.78 is 9.89. The molecule has 4 radical (unpaired) electrons. The van der Waals surface area contributed by atoms with Crippen LogP contribution in [0.5, 0.6) is 0 Å². The molecule has 1 heterocycles. The van der Waals surface area contributed by atoms with Gasteiger partial charge in [0.05, 0.1) is 26.4 Å². The van der Waals surface area contributed by atoms with Gasteiger partial charge in [-0.2, -0.15) is 0 Å². The van der Waals surface area contributed by atoms with Gasteiger partial charge in [-0.15, -0.1) is 0 Å². The first-order chi connectivity index (χ1) is 3.00. The van der Waals surface area contributed by atoms with Crippen molar-refractivity contribution in [3.05, 3.63) is 7.43 Å². The lowest BCUT2D eigenvalue weighted by Crippen LogP contribution is -2.16. The van der Waals surface area contributed by atoms with Crippen LogP contribution < -0.4 is 0 Å². The standard InChI is InChI=1S/C4H8O2.C/c1-2-6-4-3-5-1;/h1-4H2;. The van der Waals surface area contributed by atoms with Gasteiger partial charge in [-0.05, 0) is 0 Å². The maximum atomic E-state index is 4.94. The van der Waals surface area contributed by atoms with Crippen molar-refractivity contribution in [3.8, 4) is 0 Å². The van der Waals surface area contributed by atoms with E-state index in [9.17, 15) is 0 Å². The molecule has 0 aromatic heterocycles. The van der Waals surface area contributed by atoms with E-state index in [2.05, 4.69) is 0 Å². The molecule has 1 rings (SSSR count). The van der Waals surface area contributed by atoms with Gasteiger partial charge in [-0.1, -0.05) is 0 Å². The molecule has 2 heteroatoms. The molecule has 0 unspecified atom stereocenters. The Kier molecular flexibility index (Phi) is 4.04. The maximum Gasteiger partial charge on any atom is 0.0701 e. The second-order valence-electron chi connectivity index (χ2n) is 1.22. The summed E-state index contributed by atoms with van der Waals surface area (Å²) in [6.45, 7) is 3.11. The van der Waals surface area contributed by atoms with E-state index in [0.717, 1.165) is 26.4 Å². The van der Waals surface area contributed by atoms with E-state index in [4.69, 9.17) is 9.47 Å². The zero-order chi connectivity index (χ0) is 4.24. The van der Waals surface area contributed by atoms with Crippen LogP contribution in [-0.2, 0) is 9.47 Å². The van der Waals surface area contributed by atoms with Crippen LogP contribution in [0.3, 0.4) is 0 Å². The largest absolute Gasteiger partial charge is 0.377 e. The summed E-state index contributed by atoms with van der Waals surface area (Å²) in [4.78, 5) is 0. The molecule has 0 N–H and O–H groups in total. The molecule has 0 aromatic rings. The number of hydrogen-bond donors (Lipinski definition) is 0. The maximum absolute atomic E-state index is 4.94. The van der Waals surface area contributed by atoms with Crippen LogP contribution in [0.2, 0.25) is 0 Å². The summed E-state index contributed by atoms with van der Waals surface area (Å²) >= 11 is 0. The molecule has 0 aliphatic carbocycles. The van der Waals surface area contributed by atoms with Crippen LogP contribution >= 0.6 is 0 Å². The molecule has 1 saturated heterocycles. The van der Waals surface area contributed by atoms with E-state index in [-0.39, 0.29) is 7.43 Å². The van der Waals surface area contributed by atoms with Crippen molar-refractivity contribution >= 4 is 0 Å². The average Bonchev–Trinajstić information content (AvgIpc) is 1.72. The fraction of sp³-hybridized carbons (Fsp3) is 0.800. The fourth-order valence-electron chi connectivity index (χ4n) is 0.440. The molecule has 1 aliphatic rings. The van der Waals surface area contributed by atoms with Gasteiger partial charge in [0.15, 0.2) is 0 Å². The van der Waals surface area contributed by atoms with Crippen LogP contribution in [0.25, 0.3) is 0 Å². The molecule has 0 saturated carbocycles. The molecule has 0 bridgehead atoms. The number of hydrogen-bond acceptors (Lipinski definition) is 2. The lowest BCUT2D eigenvalue weighted by Gasteiger charge is -2.09. The highest BCUT2D eigenvalue weighted by atomic mass is 16.6. The van der Waals surface area contributed by atoms with Crippen molar-refractivity contribution in [2.45, 2.75) is 0 Å². The molecular weight excluding hydrogens is 92.1 g/mol. The van der Waals surface area contributed by atoms with Crippen molar-refractivity contribution in [3.63, 3.8) is 0 Å². The Balaban J connectivity index is 0.000000360. The van der Waals surface area contributed by atoms with Gasteiger partial charge in [0.1, 0.15) is 0 Å². The van der Waals surface area contributed by atoms with Crippen LogP contribution in [0, 0.1) is 7.43 Å². The Bertz CT molecular complexity index is 21.6.